The number of hydrogen-bond donors (Lipinski definition) is 1. The number of benzene rings is 1. The molecule has 1 aliphatic heterocycles. The van der Waals surface area contributed by atoms with Crippen LogP contribution in [-0.4, -0.2) is 41.8 Å². The van der Waals surface area contributed by atoms with E-state index in [0.717, 1.165) is 13.1 Å². The predicted octanol–water partition coefficient (Wildman–Crippen LogP) is 2.22. The third-order valence-corrected chi connectivity index (χ3v) is 4.33. The maximum Gasteiger partial charge on any atom is 0.310 e. The molecule has 0 radical (unpaired) electrons. The van der Waals surface area contributed by atoms with Crippen LogP contribution in [0.25, 0.3) is 0 Å². The molecule has 4 heteroatoms. The number of hydrogen-bond acceptors (Lipinski definition) is 3. The van der Waals surface area contributed by atoms with Crippen molar-refractivity contribution in [3.05, 3.63) is 34.9 Å². The minimum Gasteiger partial charge on any atom is -0.481 e. The third-order valence-electron chi connectivity index (χ3n) is 4.33. The molecule has 2 rings (SSSR count). The highest BCUT2D eigenvalue weighted by Crippen LogP contribution is 2.23. The first-order valence-corrected chi connectivity index (χ1v) is 7.14. The molecule has 0 bridgehead atoms. The van der Waals surface area contributed by atoms with Gasteiger partial charge in [0.2, 0.25) is 0 Å². The van der Waals surface area contributed by atoms with Gasteiger partial charge in [0.05, 0.1) is 19.1 Å². The zero-order chi connectivity index (χ0) is 14.7. The van der Waals surface area contributed by atoms with Crippen molar-refractivity contribution in [3.63, 3.8) is 0 Å². The van der Waals surface area contributed by atoms with Crippen LogP contribution in [0.4, 0.5) is 0 Å². The van der Waals surface area contributed by atoms with Crippen molar-refractivity contribution >= 4 is 5.97 Å². The average Bonchev–Trinajstić information content (AvgIpc) is 2.90. The standard InChI is InChI=1S/C16H23NO3/c1-4-17(15-10-20-9-14(15)16(18)19)8-13-7-5-6-11(2)12(13)3/h5-7,14-15H,4,8-10H2,1-3H3,(H,18,19). The Labute approximate surface area is 120 Å². The molecule has 1 aromatic rings. The Balaban J connectivity index is 2.16. The number of ether oxygens (including phenoxy) is 1. The Morgan fingerprint density at radius 1 is 1.40 bits per heavy atom. The molecule has 0 amide bonds. The van der Waals surface area contributed by atoms with Crippen molar-refractivity contribution in [2.75, 3.05) is 19.8 Å². The Bertz CT molecular complexity index is 487. The molecular weight excluding hydrogens is 254 g/mol. The van der Waals surface area contributed by atoms with Crippen LogP contribution in [0, 0.1) is 19.8 Å². The molecule has 1 fully saturated rings. The van der Waals surface area contributed by atoms with Crippen LogP contribution in [0.15, 0.2) is 18.2 Å². The largest absolute Gasteiger partial charge is 0.481 e. The average molecular weight is 277 g/mol. The SMILES string of the molecule is CCN(Cc1cccc(C)c1C)C1COCC1C(=O)O. The maximum absolute atomic E-state index is 11.3. The lowest BCUT2D eigenvalue weighted by molar-refractivity contribution is -0.143. The highest BCUT2D eigenvalue weighted by atomic mass is 16.5. The summed E-state index contributed by atoms with van der Waals surface area (Å²) in [6, 6.07) is 6.26. The zero-order valence-electron chi connectivity index (χ0n) is 12.4. The van der Waals surface area contributed by atoms with Crippen molar-refractivity contribution in [2.45, 2.75) is 33.4 Å². The van der Waals surface area contributed by atoms with Gasteiger partial charge in [0.25, 0.3) is 0 Å². The molecule has 1 saturated heterocycles. The Kier molecular flexibility index (Phi) is 4.78. The lowest BCUT2D eigenvalue weighted by Gasteiger charge is -2.29. The van der Waals surface area contributed by atoms with Crippen LogP contribution in [-0.2, 0) is 16.1 Å². The molecule has 0 spiro atoms. The number of carboxylic acids is 1. The molecule has 1 aliphatic rings. The summed E-state index contributed by atoms with van der Waals surface area (Å²) < 4.78 is 5.38. The van der Waals surface area contributed by atoms with Crippen molar-refractivity contribution in [3.8, 4) is 0 Å². The van der Waals surface area contributed by atoms with Crippen molar-refractivity contribution < 1.29 is 14.6 Å². The monoisotopic (exact) mass is 277 g/mol. The Hall–Kier alpha value is -1.39. The molecule has 0 aliphatic carbocycles. The van der Waals surface area contributed by atoms with Crippen LogP contribution in [0.5, 0.6) is 0 Å². The molecular formula is C16H23NO3. The third kappa shape index (κ3) is 3.02. The van der Waals surface area contributed by atoms with E-state index in [-0.39, 0.29) is 6.04 Å². The van der Waals surface area contributed by atoms with Crippen molar-refractivity contribution in [1.29, 1.82) is 0 Å². The maximum atomic E-state index is 11.3. The molecule has 110 valence electrons. The molecule has 2 unspecified atom stereocenters. The fraction of sp³-hybridized carbons (Fsp3) is 0.562. The van der Waals surface area contributed by atoms with E-state index in [0.29, 0.717) is 13.2 Å². The molecule has 20 heavy (non-hydrogen) atoms. The summed E-state index contributed by atoms with van der Waals surface area (Å²) in [6.45, 7) is 8.74. The van der Waals surface area contributed by atoms with Gasteiger partial charge in [-0.25, -0.2) is 0 Å². The number of carbonyl (C=O) groups is 1. The van der Waals surface area contributed by atoms with Gasteiger partial charge in [0.1, 0.15) is 0 Å². The van der Waals surface area contributed by atoms with Crippen LogP contribution < -0.4 is 0 Å². The zero-order valence-corrected chi connectivity index (χ0v) is 12.4. The van der Waals surface area contributed by atoms with Crippen molar-refractivity contribution in [2.24, 2.45) is 5.92 Å². The van der Waals surface area contributed by atoms with Crippen LogP contribution in [0.2, 0.25) is 0 Å². The molecule has 1 N–H and O–H groups in total. The summed E-state index contributed by atoms with van der Waals surface area (Å²) in [4.78, 5) is 13.5. The molecule has 0 aromatic heterocycles. The van der Waals surface area contributed by atoms with E-state index < -0.39 is 11.9 Å². The van der Waals surface area contributed by atoms with Gasteiger partial charge in [-0.2, -0.15) is 0 Å². The fourth-order valence-corrected chi connectivity index (χ4v) is 2.80. The second-order valence-electron chi connectivity index (χ2n) is 5.47. The van der Waals surface area contributed by atoms with E-state index in [4.69, 9.17) is 4.74 Å². The van der Waals surface area contributed by atoms with Crippen LogP contribution in [0.1, 0.15) is 23.6 Å². The van der Waals surface area contributed by atoms with Gasteiger partial charge in [-0.05, 0) is 37.1 Å². The second kappa shape index (κ2) is 6.37. The molecule has 4 nitrogen and oxygen atoms in total. The highest BCUT2D eigenvalue weighted by molar-refractivity contribution is 5.71. The Morgan fingerprint density at radius 2 is 2.15 bits per heavy atom. The number of carboxylic acid groups (broad SMARTS) is 1. The topological polar surface area (TPSA) is 49.8 Å². The summed E-state index contributed by atoms with van der Waals surface area (Å²) in [5.74, 6) is -1.17. The van der Waals surface area contributed by atoms with Gasteiger partial charge in [-0.15, -0.1) is 0 Å². The molecule has 2 atom stereocenters. The quantitative estimate of drug-likeness (QED) is 0.896. The predicted molar refractivity (Wildman–Crippen MR) is 77.7 cm³/mol. The van der Waals surface area contributed by atoms with E-state index in [2.05, 4.69) is 43.9 Å². The van der Waals surface area contributed by atoms with E-state index >= 15 is 0 Å². The minimum absolute atomic E-state index is 0.0302. The Morgan fingerprint density at radius 3 is 2.80 bits per heavy atom. The summed E-state index contributed by atoms with van der Waals surface area (Å²) in [6.07, 6.45) is 0. The highest BCUT2D eigenvalue weighted by Gasteiger charge is 2.37. The van der Waals surface area contributed by atoms with Gasteiger partial charge in [-0.3, -0.25) is 9.69 Å². The summed E-state index contributed by atoms with van der Waals surface area (Å²) in [5.41, 5.74) is 3.83. The molecule has 1 aromatic carbocycles. The lowest BCUT2D eigenvalue weighted by atomic mass is 9.99. The van der Waals surface area contributed by atoms with E-state index in [1.54, 1.807) is 0 Å². The van der Waals surface area contributed by atoms with Crippen molar-refractivity contribution in [1.82, 2.24) is 4.90 Å². The first kappa shape index (κ1) is 15.0. The first-order valence-electron chi connectivity index (χ1n) is 7.14. The van der Waals surface area contributed by atoms with Gasteiger partial charge in [-0.1, -0.05) is 25.1 Å². The van der Waals surface area contributed by atoms with E-state index in [1.807, 2.05) is 0 Å². The van der Waals surface area contributed by atoms with Gasteiger partial charge < -0.3 is 9.84 Å². The number of aliphatic carboxylic acids is 1. The minimum atomic E-state index is -0.757. The lowest BCUT2D eigenvalue weighted by Crippen LogP contribution is -2.42. The van der Waals surface area contributed by atoms with E-state index in [9.17, 15) is 9.90 Å². The number of likely N-dealkylation sites (N-methyl/N-ethyl adjacent to an activating group) is 1. The number of rotatable bonds is 5. The molecule has 0 saturated carbocycles. The van der Waals surface area contributed by atoms with Gasteiger partial charge >= 0.3 is 5.97 Å². The van der Waals surface area contributed by atoms with E-state index in [1.165, 1.54) is 16.7 Å². The number of nitrogens with zero attached hydrogens (tertiary/aromatic N) is 1. The van der Waals surface area contributed by atoms with Crippen LogP contribution in [0.3, 0.4) is 0 Å². The summed E-state index contributed by atoms with van der Waals surface area (Å²) >= 11 is 0. The smallest absolute Gasteiger partial charge is 0.310 e. The normalized spacial score (nSPS) is 22.4. The molecule has 1 heterocycles. The van der Waals surface area contributed by atoms with Crippen LogP contribution >= 0.6 is 0 Å². The second-order valence-corrected chi connectivity index (χ2v) is 5.47. The van der Waals surface area contributed by atoms with Gasteiger partial charge in [0, 0.05) is 12.6 Å². The summed E-state index contributed by atoms with van der Waals surface area (Å²) in [7, 11) is 0. The van der Waals surface area contributed by atoms with Gasteiger partial charge in [0.15, 0.2) is 0 Å². The first-order chi connectivity index (χ1) is 9.54. The number of aryl methyl sites for hydroxylation is 1. The summed E-state index contributed by atoms with van der Waals surface area (Å²) in [5, 5.41) is 9.29. The fourth-order valence-electron chi connectivity index (χ4n) is 2.80.